The molecule has 45 heavy (non-hydrogen) atoms. The third kappa shape index (κ3) is 6.37. The van der Waals surface area contributed by atoms with Gasteiger partial charge in [-0.15, -0.1) is 0 Å². The second-order valence-electron chi connectivity index (χ2n) is 12.2. The van der Waals surface area contributed by atoms with Gasteiger partial charge in [-0.25, -0.2) is 0 Å². The summed E-state index contributed by atoms with van der Waals surface area (Å²) >= 11 is 0. The molecule has 3 aliphatic rings. The van der Waals surface area contributed by atoms with Gasteiger partial charge in [-0.1, -0.05) is 60.7 Å². The van der Waals surface area contributed by atoms with Crippen LogP contribution in [0.5, 0.6) is 11.5 Å². The Labute approximate surface area is 263 Å². The first-order valence-corrected chi connectivity index (χ1v) is 15.8. The minimum absolute atomic E-state index is 0.128. The fraction of sp³-hybridized carbons (Fsp3) is 0.297. The molecule has 3 atom stereocenters. The first-order valence-electron chi connectivity index (χ1n) is 15.8. The number of carbonyl (C=O) groups is 2. The minimum atomic E-state index is -0.383. The number of rotatable bonds is 7. The third-order valence-corrected chi connectivity index (χ3v) is 9.28. The first-order chi connectivity index (χ1) is 22.0. The zero-order valence-electron chi connectivity index (χ0n) is 25.2. The summed E-state index contributed by atoms with van der Waals surface area (Å²) in [6.07, 6.45) is 0.873. The summed E-state index contributed by atoms with van der Waals surface area (Å²) in [4.78, 5) is 28.6. The highest BCUT2D eigenvalue weighted by Crippen LogP contribution is 2.47. The van der Waals surface area contributed by atoms with Crippen LogP contribution in [0, 0.1) is 0 Å². The zero-order valence-corrected chi connectivity index (χ0v) is 25.2. The van der Waals surface area contributed by atoms with E-state index in [2.05, 4.69) is 81.1 Å². The van der Waals surface area contributed by atoms with Gasteiger partial charge in [-0.05, 0) is 53.4 Å². The van der Waals surface area contributed by atoms with Gasteiger partial charge in [0.05, 0.1) is 6.61 Å². The normalized spacial score (nSPS) is 21.9. The van der Waals surface area contributed by atoms with Gasteiger partial charge in [0.2, 0.25) is 11.8 Å². The minimum Gasteiger partial charge on any atom is -0.508 e. The van der Waals surface area contributed by atoms with Gasteiger partial charge in [0.25, 0.3) is 0 Å². The van der Waals surface area contributed by atoms with E-state index in [1.54, 1.807) is 12.1 Å². The Kier molecular flexibility index (Phi) is 8.13. The van der Waals surface area contributed by atoms with Crippen molar-refractivity contribution in [1.29, 1.82) is 0 Å². The quantitative estimate of drug-likeness (QED) is 0.249. The van der Waals surface area contributed by atoms with Crippen molar-refractivity contribution >= 4 is 23.2 Å². The smallest absolute Gasteiger partial charge is 0.249 e. The van der Waals surface area contributed by atoms with Crippen LogP contribution in [0.3, 0.4) is 0 Å². The average molecular weight is 603 g/mol. The van der Waals surface area contributed by atoms with Crippen LogP contribution in [0.1, 0.15) is 46.9 Å². The number of nitrogens with zero attached hydrogens (tertiary/aromatic N) is 2. The zero-order chi connectivity index (χ0) is 30.8. The molecule has 0 radical (unpaired) electrons. The largest absolute Gasteiger partial charge is 0.508 e. The monoisotopic (exact) mass is 602 g/mol. The van der Waals surface area contributed by atoms with Crippen LogP contribution in [0.15, 0.2) is 97.1 Å². The predicted molar refractivity (Wildman–Crippen MR) is 175 cm³/mol. The van der Waals surface area contributed by atoms with E-state index in [1.807, 2.05) is 24.3 Å². The van der Waals surface area contributed by atoms with E-state index in [0.717, 1.165) is 49.7 Å². The number of hydrogen-bond donors (Lipinski definition) is 3. The van der Waals surface area contributed by atoms with E-state index in [4.69, 9.17) is 4.74 Å². The highest BCUT2D eigenvalue weighted by molar-refractivity contribution is 6.01. The van der Waals surface area contributed by atoms with Crippen molar-refractivity contribution in [3.8, 4) is 11.5 Å². The summed E-state index contributed by atoms with van der Waals surface area (Å²) in [6.45, 7) is 5.21. The van der Waals surface area contributed by atoms with Gasteiger partial charge < -0.3 is 20.1 Å². The molecular weight excluding hydrogens is 564 g/mol. The van der Waals surface area contributed by atoms with E-state index in [1.165, 1.54) is 22.4 Å². The lowest BCUT2D eigenvalue weighted by Gasteiger charge is -2.37. The van der Waals surface area contributed by atoms with Crippen LogP contribution in [-0.4, -0.2) is 60.6 Å². The molecule has 3 aliphatic heterocycles. The second-order valence-corrected chi connectivity index (χ2v) is 12.2. The lowest BCUT2D eigenvalue weighted by molar-refractivity contribution is -0.133. The maximum atomic E-state index is 12.2. The molecule has 0 bridgehead atoms. The van der Waals surface area contributed by atoms with Gasteiger partial charge in [0.15, 0.2) is 0 Å². The molecule has 0 aromatic heterocycles. The topological polar surface area (TPSA) is 94.1 Å². The number of carbonyl (C=O) groups excluding carboxylic acids is 2. The molecule has 3 N–H and O–H groups in total. The van der Waals surface area contributed by atoms with Crippen molar-refractivity contribution in [2.24, 2.45) is 0 Å². The number of ether oxygens (including phenoxy) is 1. The number of piperidine rings is 1. The van der Waals surface area contributed by atoms with Crippen molar-refractivity contribution < 1.29 is 19.4 Å². The molecule has 0 spiro atoms. The van der Waals surface area contributed by atoms with Crippen molar-refractivity contribution in [2.45, 2.75) is 37.3 Å². The first kappa shape index (κ1) is 28.9. The molecule has 7 rings (SSSR count). The predicted octanol–water partition coefficient (Wildman–Crippen LogP) is 5.24. The van der Waals surface area contributed by atoms with E-state index < -0.39 is 0 Å². The molecule has 2 amide bonds. The van der Waals surface area contributed by atoms with Crippen molar-refractivity contribution in [3.63, 3.8) is 0 Å². The Morgan fingerprint density at radius 2 is 1.64 bits per heavy atom. The number of anilines is 2. The Morgan fingerprint density at radius 1 is 0.844 bits per heavy atom. The van der Waals surface area contributed by atoms with E-state index in [0.29, 0.717) is 19.4 Å². The summed E-state index contributed by atoms with van der Waals surface area (Å²) in [5.74, 6) is 0.819. The Bertz CT molecular complexity index is 1670. The lowest BCUT2D eigenvalue weighted by atomic mass is 9.76. The van der Waals surface area contributed by atoms with E-state index >= 15 is 0 Å². The Balaban J connectivity index is 0.998. The van der Waals surface area contributed by atoms with Crippen molar-refractivity contribution in [3.05, 3.63) is 119 Å². The van der Waals surface area contributed by atoms with Crippen LogP contribution in [0.4, 0.5) is 11.4 Å². The van der Waals surface area contributed by atoms with Crippen LogP contribution in [0.2, 0.25) is 0 Å². The molecule has 4 aromatic carbocycles. The summed E-state index contributed by atoms with van der Waals surface area (Å²) in [5.41, 5.74) is 6.92. The summed E-state index contributed by atoms with van der Waals surface area (Å²) in [6, 6.07) is 32.9. The Morgan fingerprint density at radius 3 is 2.42 bits per heavy atom. The highest BCUT2D eigenvalue weighted by atomic mass is 16.5. The second kappa shape index (κ2) is 12.7. The maximum Gasteiger partial charge on any atom is 0.249 e. The number of amides is 2. The van der Waals surface area contributed by atoms with E-state index in [-0.39, 0.29) is 35.4 Å². The van der Waals surface area contributed by atoms with Crippen molar-refractivity contribution in [2.75, 3.05) is 43.0 Å². The van der Waals surface area contributed by atoms with Crippen LogP contribution >= 0.6 is 0 Å². The van der Waals surface area contributed by atoms with E-state index in [9.17, 15) is 14.7 Å². The number of imide groups is 1. The SMILES string of the molecule is O=C1CCC(Nc2cccc(CN3CCN(c4ccc([C@H]5c6ccc(O)cc6OC[C@H]5c5ccccc5)cc4)CC3)c2)C(=O)N1. The van der Waals surface area contributed by atoms with Gasteiger partial charge >= 0.3 is 0 Å². The number of fused-ring (bicyclic) bond motifs is 1. The molecule has 3 heterocycles. The molecule has 2 saturated heterocycles. The number of phenols is 1. The number of aromatic hydroxyl groups is 1. The number of hydrogen-bond acceptors (Lipinski definition) is 7. The highest BCUT2D eigenvalue weighted by Gasteiger charge is 2.34. The standard InChI is InChI=1S/C37H38N4O4/c42-30-13-14-31-34(22-30)45-24-32(26-6-2-1-3-7-26)36(31)27-9-11-29(12-10-27)41-19-17-40(18-20-41)23-25-5-4-8-28(21-25)38-33-15-16-35(43)39-37(33)44/h1-14,21-22,32-33,36,38,42H,15-20,23-24H2,(H,39,43,44)/t32-,33?,36-/m0/s1. The van der Waals surface area contributed by atoms with Crippen LogP contribution in [-0.2, 0) is 16.1 Å². The molecule has 0 aliphatic carbocycles. The average Bonchev–Trinajstić information content (AvgIpc) is 3.06. The Hall–Kier alpha value is -4.82. The van der Waals surface area contributed by atoms with Gasteiger partial charge in [0.1, 0.15) is 17.5 Å². The number of nitrogens with one attached hydrogen (secondary N) is 2. The molecule has 8 heteroatoms. The van der Waals surface area contributed by atoms with Gasteiger partial charge in [-0.3, -0.25) is 19.8 Å². The molecule has 1 unspecified atom stereocenters. The number of benzene rings is 4. The summed E-state index contributed by atoms with van der Waals surface area (Å²) < 4.78 is 6.14. The molecule has 2 fully saturated rings. The van der Waals surface area contributed by atoms with Gasteiger partial charge in [-0.2, -0.15) is 0 Å². The summed E-state index contributed by atoms with van der Waals surface area (Å²) in [5, 5.41) is 15.8. The molecule has 230 valence electrons. The molecular formula is C37H38N4O4. The van der Waals surface area contributed by atoms with Crippen LogP contribution in [0.25, 0.3) is 0 Å². The summed E-state index contributed by atoms with van der Waals surface area (Å²) in [7, 11) is 0. The fourth-order valence-corrected chi connectivity index (χ4v) is 6.91. The number of phenolic OH excluding ortho intramolecular Hbond substituents is 1. The fourth-order valence-electron chi connectivity index (χ4n) is 6.91. The maximum absolute atomic E-state index is 12.2. The molecule has 4 aromatic rings. The van der Waals surface area contributed by atoms with Crippen LogP contribution < -0.4 is 20.3 Å². The third-order valence-electron chi connectivity index (χ3n) is 9.28. The molecule has 8 nitrogen and oxygen atoms in total. The van der Waals surface area contributed by atoms with Crippen molar-refractivity contribution in [1.82, 2.24) is 10.2 Å². The lowest BCUT2D eigenvalue weighted by Crippen LogP contribution is -2.47. The number of piperazine rings is 1. The molecule has 0 saturated carbocycles. The van der Waals surface area contributed by atoms with Gasteiger partial charge in [0, 0.05) is 74.0 Å².